The monoisotopic (exact) mass is 387 g/mol. The van der Waals surface area contributed by atoms with Crippen LogP contribution in [0.3, 0.4) is 0 Å². The van der Waals surface area contributed by atoms with Gasteiger partial charge in [0.15, 0.2) is 6.61 Å². The topological polar surface area (TPSA) is 66.8 Å². The quantitative estimate of drug-likeness (QED) is 0.708. The average Bonchev–Trinajstić information content (AvgIpc) is 3.48. The van der Waals surface area contributed by atoms with Crippen LogP contribution in [0, 0.1) is 5.92 Å². The van der Waals surface area contributed by atoms with Gasteiger partial charge in [-0.2, -0.15) is 0 Å². The second kappa shape index (κ2) is 8.91. The number of hydrogen-bond donors (Lipinski definition) is 1. The smallest absolute Gasteiger partial charge is 0.341 e. The van der Waals surface area contributed by atoms with Crippen molar-refractivity contribution in [1.29, 1.82) is 0 Å². The lowest BCUT2D eigenvalue weighted by Gasteiger charge is -2.23. The van der Waals surface area contributed by atoms with Gasteiger partial charge in [0.1, 0.15) is 5.75 Å². The number of ether oxygens (including phenoxy) is 1. The van der Waals surface area contributed by atoms with Crippen LogP contribution in [0.15, 0.2) is 48.5 Å². The molecule has 6 heteroatoms. The molecule has 0 saturated heterocycles. The van der Waals surface area contributed by atoms with Crippen LogP contribution in [-0.4, -0.2) is 41.6 Å². The number of benzene rings is 2. The van der Waals surface area contributed by atoms with E-state index in [1.165, 1.54) is 0 Å². The van der Waals surface area contributed by atoms with Crippen LogP contribution in [0.1, 0.15) is 28.8 Å². The number of nitrogens with zero attached hydrogens (tertiary/aromatic N) is 1. The van der Waals surface area contributed by atoms with Crippen molar-refractivity contribution in [2.45, 2.75) is 19.3 Å². The van der Waals surface area contributed by atoms with Crippen LogP contribution >= 0.6 is 11.6 Å². The van der Waals surface area contributed by atoms with Crippen LogP contribution < -0.4 is 4.74 Å². The first-order valence-corrected chi connectivity index (χ1v) is 9.37. The Morgan fingerprint density at radius 2 is 1.89 bits per heavy atom. The molecular weight excluding hydrogens is 366 g/mol. The molecule has 0 unspecified atom stereocenters. The SMILES string of the molecule is O=C(O)COc1cccc(C(=O)N(CCc2ccc(Cl)cc2)CC2CC2)c1. The lowest BCUT2D eigenvalue weighted by molar-refractivity contribution is -0.139. The zero-order chi connectivity index (χ0) is 19.2. The fraction of sp³-hybridized carbons (Fsp3) is 0.333. The zero-order valence-corrected chi connectivity index (χ0v) is 15.7. The largest absolute Gasteiger partial charge is 0.482 e. The minimum Gasteiger partial charge on any atom is -0.482 e. The number of carbonyl (C=O) groups excluding carboxylic acids is 1. The van der Waals surface area contributed by atoms with Crippen molar-refractivity contribution in [2.75, 3.05) is 19.7 Å². The lowest BCUT2D eigenvalue weighted by atomic mass is 10.1. The van der Waals surface area contributed by atoms with E-state index < -0.39 is 12.6 Å². The summed E-state index contributed by atoms with van der Waals surface area (Å²) in [4.78, 5) is 25.5. The van der Waals surface area contributed by atoms with E-state index in [1.54, 1.807) is 24.3 Å². The molecule has 5 nitrogen and oxygen atoms in total. The first-order valence-electron chi connectivity index (χ1n) is 8.99. The van der Waals surface area contributed by atoms with Crippen LogP contribution in [0.4, 0.5) is 0 Å². The molecule has 1 fully saturated rings. The molecule has 0 atom stereocenters. The zero-order valence-electron chi connectivity index (χ0n) is 14.9. The van der Waals surface area contributed by atoms with Gasteiger partial charge in [-0.1, -0.05) is 29.8 Å². The van der Waals surface area contributed by atoms with E-state index >= 15 is 0 Å². The minimum absolute atomic E-state index is 0.0587. The molecule has 142 valence electrons. The Hall–Kier alpha value is -2.53. The van der Waals surface area contributed by atoms with Crippen LogP contribution in [0.25, 0.3) is 0 Å². The third-order valence-corrected chi connectivity index (χ3v) is 4.74. The van der Waals surface area contributed by atoms with Crippen molar-refractivity contribution in [2.24, 2.45) is 5.92 Å². The summed E-state index contributed by atoms with van der Waals surface area (Å²) in [5.41, 5.74) is 1.64. The molecule has 1 aliphatic carbocycles. The van der Waals surface area contributed by atoms with Gasteiger partial charge in [0.2, 0.25) is 0 Å². The van der Waals surface area contributed by atoms with E-state index in [-0.39, 0.29) is 5.91 Å². The van der Waals surface area contributed by atoms with Gasteiger partial charge in [-0.05, 0) is 61.1 Å². The van der Waals surface area contributed by atoms with Gasteiger partial charge in [0.25, 0.3) is 5.91 Å². The van der Waals surface area contributed by atoms with E-state index in [1.807, 2.05) is 29.2 Å². The fourth-order valence-electron chi connectivity index (χ4n) is 2.85. The van der Waals surface area contributed by atoms with E-state index in [4.69, 9.17) is 21.4 Å². The summed E-state index contributed by atoms with van der Waals surface area (Å²) in [6.45, 7) is 0.934. The van der Waals surface area contributed by atoms with Crippen molar-refractivity contribution in [3.63, 3.8) is 0 Å². The Labute approximate surface area is 163 Å². The number of rotatable bonds is 9. The van der Waals surface area contributed by atoms with E-state index in [9.17, 15) is 9.59 Å². The molecule has 1 amide bonds. The molecule has 0 spiro atoms. The Morgan fingerprint density at radius 3 is 2.56 bits per heavy atom. The molecule has 0 radical (unpaired) electrons. The summed E-state index contributed by atoms with van der Waals surface area (Å²) in [6.07, 6.45) is 3.07. The minimum atomic E-state index is -1.05. The van der Waals surface area contributed by atoms with Gasteiger partial charge in [0.05, 0.1) is 0 Å². The lowest BCUT2D eigenvalue weighted by Crippen LogP contribution is -2.34. The van der Waals surface area contributed by atoms with Crippen LogP contribution in [0.5, 0.6) is 5.75 Å². The molecule has 1 saturated carbocycles. The number of aliphatic carboxylic acids is 1. The number of halogens is 1. The highest BCUT2D eigenvalue weighted by Gasteiger charge is 2.27. The maximum Gasteiger partial charge on any atom is 0.341 e. The van der Waals surface area contributed by atoms with E-state index in [0.29, 0.717) is 28.8 Å². The molecule has 0 bridgehead atoms. The Bertz CT molecular complexity index is 802. The molecule has 3 rings (SSSR count). The molecule has 27 heavy (non-hydrogen) atoms. The molecule has 0 aliphatic heterocycles. The third-order valence-electron chi connectivity index (χ3n) is 4.49. The second-order valence-electron chi connectivity index (χ2n) is 6.78. The number of carboxylic acid groups (broad SMARTS) is 1. The normalized spacial score (nSPS) is 13.2. The van der Waals surface area contributed by atoms with Gasteiger partial charge >= 0.3 is 5.97 Å². The predicted molar refractivity (Wildman–Crippen MR) is 103 cm³/mol. The number of carbonyl (C=O) groups is 2. The van der Waals surface area contributed by atoms with Crippen molar-refractivity contribution in [3.05, 3.63) is 64.7 Å². The Kier molecular flexibility index (Phi) is 6.35. The first kappa shape index (κ1) is 19.2. The summed E-state index contributed by atoms with van der Waals surface area (Å²) in [6, 6.07) is 14.4. The van der Waals surface area contributed by atoms with Crippen molar-refractivity contribution in [1.82, 2.24) is 4.90 Å². The maximum atomic E-state index is 13.0. The van der Waals surface area contributed by atoms with Gasteiger partial charge < -0.3 is 14.7 Å². The highest BCUT2D eigenvalue weighted by atomic mass is 35.5. The Balaban J connectivity index is 1.68. The summed E-state index contributed by atoms with van der Waals surface area (Å²) < 4.78 is 5.19. The summed E-state index contributed by atoms with van der Waals surface area (Å²) in [7, 11) is 0. The predicted octanol–water partition coefficient (Wildman–Crippen LogP) is 3.90. The van der Waals surface area contributed by atoms with E-state index in [0.717, 1.165) is 31.4 Å². The average molecular weight is 388 g/mol. The fourth-order valence-corrected chi connectivity index (χ4v) is 2.98. The van der Waals surface area contributed by atoms with Crippen LogP contribution in [-0.2, 0) is 11.2 Å². The molecular formula is C21H22ClNO4. The highest BCUT2D eigenvalue weighted by Crippen LogP contribution is 2.30. The standard InChI is InChI=1S/C21H22ClNO4/c22-18-8-6-15(7-9-18)10-11-23(13-16-4-5-16)21(26)17-2-1-3-19(12-17)27-14-20(24)25/h1-3,6-9,12,16H,4-5,10-11,13-14H2,(H,24,25). The Morgan fingerprint density at radius 1 is 1.15 bits per heavy atom. The van der Waals surface area contributed by atoms with Crippen molar-refractivity contribution in [3.8, 4) is 5.75 Å². The summed E-state index contributed by atoms with van der Waals surface area (Å²) in [5.74, 6) is -0.153. The molecule has 2 aromatic rings. The van der Waals surface area contributed by atoms with Crippen molar-refractivity contribution >= 4 is 23.5 Å². The first-order chi connectivity index (χ1) is 13.0. The molecule has 1 N–H and O–H groups in total. The number of amides is 1. The van der Waals surface area contributed by atoms with Gasteiger partial charge in [0, 0.05) is 23.7 Å². The molecule has 1 aliphatic rings. The van der Waals surface area contributed by atoms with Gasteiger partial charge in [-0.15, -0.1) is 0 Å². The van der Waals surface area contributed by atoms with Gasteiger partial charge in [-0.25, -0.2) is 4.79 Å². The number of hydrogen-bond acceptors (Lipinski definition) is 3. The number of carboxylic acids is 1. The maximum absolute atomic E-state index is 13.0. The molecule has 2 aromatic carbocycles. The van der Waals surface area contributed by atoms with Crippen LogP contribution in [0.2, 0.25) is 5.02 Å². The third kappa shape index (κ3) is 6.00. The highest BCUT2D eigenvalue weighted by molar-refractivity contribution is 6.30. The molecule has 0 aromatic heterocycles. The summed E-state index contributed by atoms with van der Waals surface area (Å²) >= 11 is 5.93. The van der Waals surface area contributed by atoms with Crippen molar-refractivity contribution < 1.29 is 19.4 Å². The second-order valence-corrected chi connectivity index (χ2v) is 7.22. The van der Waals surface area contributed by atoms with E-state index in [2.05, 4.69) is 0 Å². The van der Waals surface area contributed by atoms with Gasteiger partial charge in [-0.3, -0.25) is 4.79 Å². The molecule has 0 heterocycles. The summed E-state index contributed by atoms with van der Waals surface area (Å²) in [5, 5.41) is 9.43.